The van der Waals surface area contributed by atoms with E-state index in [0.717, 1.165) is 26.8 Å². The lowest BCUT2D eigenvalue weighted by atomic mass is 10.0. The van der Waals surface area contributed by atoms with Crippen molar-refractivity contribution >= 4 is 44.3 Å². The van der Waals surface area contributed by atoms with Crippen molar-refractivity contribution in [3.63, 3.8) is 0 Å². The molecule has 0 saturated carbocycles. The topological polar surface area (TPSA) is 76.2 Å². The van der Waals surface area contributed by atoms with Crippen molar-refractivity contribution in [2.45, 2.75) is 13.1 Å². The van der Waals surface area contributed by atoms with Crippen LogP contribution in [-0.4, -0.2) is 48.6 Å². The van der Waals surface area contributed by atoms with Crippen LogP contribution in [0.3, 0.4) is 0 Å². The molecule has 0 saturated heterocycles. The van der Waals surface area contributed by atoms with Gasteiger partial charge in [-0.25, -0.2) is 0 Å². The highest BCUT2D eigenvalue weighted by atomic mass is 79.9. The van der Waals surface area contributed by atoms with Gasteiger partial charge in [-0.3, -0.25) is 14.2 Å². The molecule has 1 aromatic carbocycles. The minimum absolute atomic E-state index is 0.289. The SMILES string of the molecule is Cn1ccc(-c2cc(Br)c(Cl)c3nn4c(c23)CN(C(=O)CO)CC4)n1. The van der Waals surface area contributed by atoms with E-state index in [9.17, 15) is 4.79 Å². The molecule has 4 rings (SSSR count). The molecule has 0 atom stereocenters. The third kappa shape index (κ3) is 2.65. The van der Waals surface area contributed by atoms with Gasteiger partial charge in [-0.15, -0.1) is 0 Å². The van der Waals surface area contributed by atoms with Gasteiger partial charge in [0.25, 0.3) is 0 Å². The van der Waals surface area contributed by atoms with Crippen molar-refractivity contribution in [3.8, 4) is 11.3 Å². The van der Waals surface area contributed by atoms with E-state index >= 15 is 0 Å². The summed E-state index contributed by atoms with van der Waals surface area (Å²) in [5.74, 6) is -0.289. The molecule has 0 bridgehead atoms. The summed E-state index contributed by atoms with van der Waals surface area (Å²) in [4.78, 5) is 13.5. The summed E-state index contributed by atoms with van der Waals surface area (Å²) < 4.78 is 4.37. The molecular weight excluding hydrogens is 410 g/mol. The number of rotatable bonds is 2. The van der Waals surface area contributed by atoms with E-state index in [1.807, 2.05) is 30.1 Å². The molecule has 1 amide bonds. The van der Waals surface area contributed by atoms with E-state index in [4.69, 9.17) is 16.7 Å². The van der Waals surface area contributed by atoms with Crippen LogP contribution in [0.2, 0.25) is 5.02 Å². The molecule has 7 nitrogen and oxygen atoms in total. The van der Waals surface area contributed by atoms with Crippen molar-refractivity contribution in [1.82, 2.24) is 24.5 Å². The summed E-state index contributed by atoms with van der Waals surface area (Å²) in [6, 6.07) is 3.86. The largest absolute Gasteiger partial charge is 0.387 e. The second-order valence-corrected chi connectivity index (χ2v) is 7.19. The fourth-order valence-corrected chi connectivity index (χ4v) is 3.81. The molecule has 0 radical (unpaired) electrons. The molecular formula is C16H15BrClN5O2. The van der Waals surface area contributed by atoms with E-state index in [0.29, 0.717) is 30.2 Å². The van der Waals surface area contributed by atoms with Gasteiger partial charge in [0.2, 0.25) is 5.91 Å². The second kappa shape index (κ2) is 6.12. The quantitative estimate of drug-likeness (QED) is 0.684. The molecule has 3 aromatic rings. The maximum absolute atomic E-state index is 11.9. The Morgan fingerprint density at radius 3 is 2.88 bits per heavy atom. The Labute approximate surface area is 156 Å². The smallest absolute Gasteiger partial charge is 0.248 e. The van der Waals surface area contributed by atoms with Crippen molar-refractivity contribution in [1.29, 1.82) is 0 Å². The average Bonchev–Trinajstić information content (AvgIpc) is 3.20. The molecule has 1 N–H and O–H groups in total. The number of fused-ring (bicyclic) bond motifs is 3. The van der Waals surface area contributed by atoms with Crippen LogP contribution in [0.1, 0.15) is 5.69 Å². The highest BCUT2D eigenvalue weighted by Gasteiger charge is 2.27. The zero-order valence-electron chi connectivity index (χ0n) is 13.4. The standard InChI is InChI=1S/C16H15BrClN5O2/c1-21-3-2-11(19-21)9-6-10(17)15(18)16-14(9)12-7-22(13(25)8-24)4-5-23(12)20-16/h2-3,6,24H,4-5,7-8H2,1H3. The Morgan fingerprint density at radius 2 is 2.20 bits per heavy atom. The summed E-state index contributed by atoms with van der Waals surface area (Å²) in [5, 5.41) is 19.7. The van der Waals surface area contributed by atoms with E-state index in [2.05, 4.69) is 26.1 Å². The number of carbonyl (C=O) groups excluding carboxylic acids is 1. The third-order valence-corrected chi connectivity index (χ3v) is 5.65. The molecule has 2 aromatic heterocycles. The Hall–Kier alpha value is -1.90. The van der Waals surface area contributed by atoms with Crippen LogP contribution in [0.25, 0.3) is 22.2 Å². The number of aliphatic hydroxyl groups is 1. The number of aliphatic hydroxyl groups excluding tert-OH is 1. The Balaban J connectivity index is 1.96. The Bertz CT molecular complexity index is 996. The minimum atomic E-state index is -0.495. The van der Waals surface area contributed by atoms with Gasteiger partial charge in [-0.05, 0) is 28.1 Å². The van der Waals surface area contributed by atoms with Crippen molar-refractivity contribution < 1.29 is 9.90 Å². The van der Waals surface area contributed by atoms with Gasteiger partial charge in [0, 0.05) is 35.2 Å². The highest BCUT2D eigenvalue weighted by Crippen LogP contribution is 2.40. The number of aryl methyl sites for hydroxylation is 1. The number of carbonyl (C=O) groups is 1. The summed E-state index contributed by atoms with van der Waals surface area (Å²) in [7, 11) is 1.86. The molecule has 0 spiro atoms. The number of hydrogen-bond donors (Lipinski definition) is 1. The number of halogens is 2. The summed E-state index contributed by atoms with van der Waals surface area (Å²) in [6.45, 7) is 0.961. The average molecular weight is 425 g/mol. The maximum Gasteiger partial charge on any atom is 0.248 e. The number of amides is 1. The second-order valence-electron chi connectivity index (χ2n) is 5.96. The van der Waals surface area contributed by atoms with Gasteiger partial charge in [-0.1, -0.05) is 11.6 Å². The van der Waals surface area contributed by atoms with Crippen LogP contribution in [-0.2, 0) is 24.9 Å². The molecule has 130 valence electrons. The maximum atomic E-state index is 11.9. The molecule has 9 heteroatoms. The van der Waals surface area contributed by atoms with Crippen LogP contribution >= 0.6 is 27.5 Å². The first-order valence-corrected chi connectivity index (χ1v) is 8.92. The van der Waals surface area contributed by atoms with Crippen LogP contribution < -0.4 is 0 Å². The van der Waals surface area contributed by atoms with Gasteiger partial charge >= 0.3 is 0 Å². The molecule has 25 heavy (non-hydrogen) atoms. The summed E-state index contributed by atoms with van der Waals surface area (Å²) >= 11 is 9.97. The lowest BCUT2D eigenvalue weighted by Crippen LogP contribution is -2.39. The predicted octanol–water partition coefficient (Wildman–Crippen LogP) is 2.19. The molecule has 1 aliphatic heterocycles. The lowest BCUT2D eigenvalue weighted by Gasteiger charge is -2.27. The zero-order valence-corrected chi connectivity index (χ0v) is 15.7. The van der Waals surface area contributed by atoms with Crippen LogP contribution in [0.15, 0.2) is 22.8 Å². The first kappa shape index (κ1) is 16.6. The van der Waals surface area contributed by atoms with E-state index in [-0.39, 0.29) is 5.91 Å². The zero-order chi connectivity index (χ0) is 17.7. The number of hydrogen-bond acceptors (Lipinski definition) is 4. The molecule has 3 heterocycles. The fourth-order valence-electron chi connectivity index (χ4n) is 3.20. The van der Waals surface area contributed by atoms with Crippen molar-refractivity contribution in [2.24, 2.45) is 7.05 Å². The monoisotopic (exact) mass is 423 g/mol. The number of benzene rings is 1. The third-order valence-electron chi connectivity index (χ3n) is 4.42. The van der Waals surface area contributed by atoms with Crippen molar-refractivity contribution in [3.05, 3.63) is 33.5 Å². The van der Waals surface area contributed by atoms with Crippen molar-refractivity contribution in [2.75, 3.05) is 13.2 Å². The Morgan fingerprint density at radius 1 is 1.40 bits per heavy atom. The van der Waals surface area contributed by atoms with Gasteiger partial charge in [0.05, 0.1) is 29.5 Å². The van der Waals surface area contributed by atoms with Gasteiger partial charge in [0.1, 0.15) is 12.1 Å². The van der Waals surface area contributed by atoms with E-state index < -0.39 is 6.61 Å². The first-order chi connectivity index (χ1) is 12.0. The molecule has 0 aliphatic carbocycles. The first-order valence-electron chi connectivity index (χ1n) is 7.75. The van der Waals surface area contributed by atoms with Gasteiger partial charge in [0.15, 0.2) is 0 Å². The molecule has 1 aliphatic rings. The molecule has 0 unspecified atom stereocenters. The molecule has 0 fully saturated rings. The summed E-state index contributed by atoms with van der Waals surface area (Å²) in [6.07, 6.45) is 1.88. The van der Waals surface area contributed by atoms with E-state index in [1.165, 1.54) is 0 Å². The van der Waals surface area contributed by atoms with Gasteiger partial charge < -0.3 is 10.0 Å². The number of aromatic nitrogens is 4. The number of nitrogens with zero attached hydrogens (tertiary/aromatic N) is 5. The summed E-state index contributed by atoms with van der Waals surface area (Å²) in [5.41, 5.74) is 3.31. The fraction of sp³-hybridized carbons (Fsp3) is 0.312. The predicted molar refractivity (Wildman–Crippen MR) is 97.1 cm³/mol. The van der Waals surface area contributed by atoms with E-state index in [1.54, 1.807) is 9.58 Å². The minimum Gasteiger partial charge on any atom is -0.387 e. The highest BCUT2D eigenvalue weighted by molar-refractivity contribution is 9.10. The van der Waals surface area contributed by atoms with Crippen LogP contribution in [0.5, 0.6) is 0 Å². The van der Waals surface area contributed by atoms with Crippen LogP contribution in [0, 0.1) is 0 Å². The normalized spacial score (nSPS) is 14.2. The van der Waals surface area contributed by atoms with Crippen LogP contribution in [0.4, 0.5) is 0 Å². The van der Waals surface area contributed by atoms with Gasteiger partial charge in [-0.2, -0.15) is 10.2 Å². The Kier molecular flexibility index (Phi) is 4.05. The lowest BCUT2D eigenvalue weighted by molar-refractivity contribution is -0.135.